The smallest absolute Gasteiger partial charge is 0.216 e. The number of anilines is 1. The normalized spacial score (nSPS) is 19.2. The standard InChI is InChI=1S/C23H27N3O2S/c1-3-5-17(4-2)19-14-18-8-11-24-16-22(18)23(15-19)25-20-9-12-26(13-10-20)29(27,28)21-6-7-21/h3-5,8,11,14-16,20-21,25H,1-2,6-7,9-10,12-13H2/b17-5+. The second-order valence-electron chi connectivity index (χ2n) is 7.74. The number of benzene rings is 1. The van der Waals surface area contributed by atoms with Gasteiger partial charge in [0.05, 0.1) is 5.25 Å². The summed E-state index contributed by atoms with van der Waals surface area (Å²) in [5, 5.41) is 5.69. The van der Waals surface area contributed by atoms with Crippen LogP contribution in [0, 0.1) is 0 Å². The molecular formula is C23H27N3O2S. The number of nitrogens with zero attached hydrogens (tertiary/aromatic N) is 2. The molecule has 6 heteroatoms. The Kier molecular flexibility index (Phi) is 5.56. The Balaban J connectivity index is 1.57. The maximum absolute atomic E-state index is 12.5. The van der Waals surface area contributed by atoms with Crippen molar-refractivity contribution in [2.45, 2.75) is 37.0 Å². The van der Waals surface area contributed by atoms with E-state index in [1.54, 1.807) is 16.6 Å². The van der Waals surface area contributed by atoms with E-state index in [1.165, 1.54) is 0 Å². The Labute approximate surface area is 172 Å². The van der Waals surface area contributed by atoms with E-state index in [2.05, 4.69) is 35.6 Å². The third-order valence-corrected chi connectivity index (χ3v) is 8.12. The molecule has 29 heavy (non-hydrogen) atoms. The first-order chi connectivity index (χ1) is 14.0. The Morgan fingerprint density at radius 1 is 1.17 bits per heavy atom. The fourth-order valence-electron chi connectivity index (χ4n) is 3.94. The first-order valence-electron chi connectivity index (χ1n) is 10.1. The maximum Gasteiger partial charge on any atom is 0.216 e. The molecule has 0 spiro atoms. The van der Waals surface area contributed by atoms with Crippen molar-refractivity contribution in [3.63, 3.8) is 0 Å². The van der Waals surface area contributed by atoms with Crippen molar-refractivity contribution >= 4 is 32.1 Å². The summed E-state index contributed by atoms with van der Waals surface area (Å²) in [6, 6.07) is 6.48. The van der Waals surface area contributed by atoms with Crippen LogP contribution in [0.3, 0.4) is 0 Å². The van der Waals surface area contributed by atoms with E-state index in [0.29, 0.717) is 13.1 Å². The summed E-state index contributed by atoms with van der Waals surface area (Å²) in [7, 11) is -3.08. The van der Waals surface area contributed by atoms with Gasteiger partial charge in [-0.05, 0) is 60.4 Å². The zero-order chi connectivity index (χ0) is 20.4. The van der Waals surface area contributed by atoms with Gasteiger partial charge in [0.1, 0.15) is 0 Å². The van der Waals surface area contributed by atoms with Crippen molar-refractivity contribution in [1.82, 2.24) is 9.29 Å². The van der Waals surface area contributed by atoms with E-state index in [-0.39, 0.29) is 11.3 Å². The van der Waals surface area contributed by atoms with Crippen molar-refractivity contribution < 1.29 is 8.42 Å². The number of allylic oxidation sites excluding steroid dienone is 4. The van der Waals surface area contributed by atoms with Crippen LogP contribution in [0.5, 0.6) is 0 Å². The summed E-state index contributed by atoms with van der Waals surface area (Å²) in [4.78, 5) is 4.29. The molecule has 0 amide bonds. The van der Waals surface area contributed by atoms with Gasteiger partial charge in [0.2, 0.25) is 10.0 Å². The van der Waals surface area contributed by atoms with Gasteiger partial charge < -0.3 is 5.32 Å². The molecule has 2 aromatic rings. The highest BCUT2D eigenvalue weighted by Crippen LogP contribution is 2.34. The van der Waals surface area contributed by atoms with Gasteiger partial charge in [-0.1, -0.05) is 31.4 Å². The molecule has 1 N–H and O–H groups in total. The summed E-state index contributed by atoms with van der Waals surface area (Å²) in [5.74, 6) is 0. The second kappa shape index (κ2) is 8.13. The number of hydrogen-bond acceptors (Lipinski definition) is 4. The third kappa shape index (κ3) is 4.14. The van der Waals surface area contributed by atoms with Gasteiger partial charge in [0.15, 0.2) is 0 Å². The quantitative estimate of drug-likeness (QED) is 0.690. The molecule has 152 valence electrons. The number of piperidine rings is 1. The fourth-order valence-corrected chi connectivity index (χ4v) is 5.82. The highest BCUT2D eigenvalue weighted by Gasteiger charge is 2.41. The maximum atomic E-state index is 12.5. The Hall–Kier alpha value is -2.44. The minimum Gasteiger partial charge on any atom is -0.382 e. The highest BCUT2D eigenvalue weighted by atomic mass is 32.2. The molecular weight excluding hydrogens is 382 g/mol. The highest BCUT2D eigenvalue weighted by molar-refractivity contribution is 7.90. The van der Waals surface area contributed by atoms with E-state index in [0.717, 1.165) is 53.3 Å². The molecule has 1 aliphatic carbocycles. The molecule has 2 heterocycles. The third-order valence-electron chi connectivity index (χ3n) is 5.73. The van der Waals surface area contributed by atoms with Gasteiger partial charge in [-0.2, -0.15) is 0 Å². The largest absolute Gasteiger partial charge is 0.382 e. The molecule has 1 saturated heterocycles. The molecule has 0 bridgehead atoms. The van der Waals surface area contributed by atoms with Crippen LogP contribution in [-0.4, -0.2) is 42.1 Å². The predicted octanol–water partition coefficient (Wildman–Crippen LogP) is 4.36. The molecule has 2 aliphatic rings. The van der Waals surface area contributed by atoms with Crippen LogP contribution in [0.1, 0.15) is 31.2 Å². The van der Waals surface area contributed by atoms with E-state index < -0.39 is 10.0 Å². The molecule has 0 unspecified atom stereocenters. The SMILES string of the molecule is C=C/C=C(\C=C)c1cc(NC2CCN(S(=O)(=O)C3CC3)CC2)c2cnccc2c1. The minimum atomic E-state index is -3.08. The molecule has 5 nitrogen and oxygen atoms in total. The summed E-state index contributed by atoms with van der Waals surface area (Å²) >= 11 is 0. The van der Waals surface area contributed by atoms with E-state index in [4.69, 9.17) is 0 Å². The molecule has 4 rings (SSSR count). The number of rotatable bonds is 7. The molecule has 1 saturated carbocycles. The Morgan fingerprint density at radius 2 is 1.93 bits per heavy atom. The van der Waals surface area contributed by atoms with Gasteiger partial charge in [-0.25, -0.2) is 12.7 Å². The lowest BCUT2D eigenvalue weighted by molar-refractivity contribution is 0.329. The molecule has 1 aromatic heterocycles. The van der Waals surface area contributed by atoms with Gasteiger partial charge in [-0.15, -0.1) is 0 Å². The lowest BCUT2D eigenvalue weighted by Gasteiger charge is -2.32. The van der Waals surface area contributed by atoms with Crippen molar-refractivity contribution in [3.05, 3.63) is 67.5 Å². The summed E-state index contributed by atoms with van der Waals surface area (Å²) in [5.41, 5.74) is 3.09. The topological polar surface area (TPSA) is 62.3 Å². The lowest BCUT2D eigenvalue weighted by Crippen LogP contribution is -2.43. The summed E-state index contributed by atoms with van der Waals surface area (Å²) in [6.45, 7) is 8.88. The van der Waals surface area contributed by atoms with Crippen molar-refractivity contribution in [3.8, 4) is 0 Å². The monoisotopic (exact) mass is 409 g/mol. The van der Waals surface area contributed by atoms with Crippen LogP contribution in [0.4, 0.5) is 5.69 Å². The first-order valence-corrected chi connectivity index (χ1v) is 11.6. The minimum absolute atomic E-state index is 0.132. The van der Waals surface area contributed by atoms with Crippen LogP contribution < -0.4 is 5.32 Å². The van der Waals surface area contributed by atoms with Gasteiger partial charge >= 0.3 is 0 Å². The number of hydrogen-bond donors (Lipinski definition) is 1. The van der Waals surface area contributed by atoms with Crippen LogP contribution in [-0.2, 0) is 10.0 Å². The zero-order valence-corrected chi connectivity index (χ0v) is 17.4. The van der Waals surface area contributed by atoms with Crippen LogP contribution in [0.25, 0.3) is 16.3 Å². The number of sulfonamides is 1. The van der Waals surface area contributed by atoms with Crippen molar-refractivity contribution in [2.75, 3.05) is 18.4 Å². The van der Waals surface area contributed by atoms with Gasteiger partial charge in [0.25, 0.3) is 0 Å². The van der Waals surface area contributed by atoms with Crippen LogP contribution in [0.2, 0.25) is 0 Å². The van der Waals surface area contributed by atoms with Crippen molar-refractivity contribution in [2.24, 2.45) is 0 Å². The summed E-state index contributed by atoms with van der Waals surface area (Å²) < 4.78 is 26.6. The summed E-state index contributed by atoms with van der Waals surface area (Å²) in [6.07, 6.45) is 12.4. The van der Waals surface area contributed by atoms with Crippen LogP contribution in [0.15, 0.2) is 62.0 Å². The average Bonchev–Trinajstić information content (AvgIpc) is 3.58. The van der Waals surface area contributed by atoms with E-state index in [9.17, 15) is 8.42 Å². The molecule has 0 atom stereocenters. The fraction of sp³-hybridized carbons (Fsp3) is 0.348. The molecule has 1 aromatic carbocycles. The second-order valence-corrected chi connectivity index (χ2v) is 9.96. The zero-order valence-electron chi connectivity index (χ0n) is 16.5. The Bertz CT molecular complexity index is 1060. The number of nitrogens with one attached hydrogen (secondary N) is 1. The molecule has 1 aliphatic heterocycles. The van der Waals surface area contributed by atoms with E-state index in [1.807, 2.05) is 24.4 Å². The van der Waals surface area contributed by atoms with Gasteiger partial charge in [-0.3, -0.25) is 4.98 Å². The van der Waals surface area contributed by atoms with Crippen molar-refractivity contribution in [1.29, 1.82) is 0 Å². The average molecular weight is 410 g/mol. The molecule has 0 radical (unpaired) electrons. The number of aromatic nitrogens is 1. The number of pyridine rings is 1. The van der Waals surface area contributed by atoms with Gasteiger partial charge in [0, 0.05) is 42.6 Å². The first kappa shape index (κ1) is 19.9. The Morgan fingerprint density at radius 3 is 2.59 bits per heavy atom. The predicted molar refractivity (Wildman–Crippen MR) is 120 cm³/mol. The molecule has 2 fully saturated rings. The number of fused-ring (bicyclic) bond motifs is 1. The lowest BCUT2D eigenvalue weighted by atomic mass is 9.99. The van der Waals surface area contributed by atoms with E-state index >= 15 is 0 Å². The van der Waals surface area contributed by atoms with Crippen LogP contribution >= 0.6 is 0 Å².